The van der Waals surface area contributed by atoms with Gasteiger partial charge in [-0.15, -0.1) is 0 Å². The Labute approximate surface area is 189 Å². The number of aliphatic carboxylic acids is 1. The third-order valence-corrected chi connectivity index (χ3v) is 7.82. The number of carboxylic acid groups (broad SMARTS) is 2. The number of carbonyl (C=O) groups is 2. The number of anilines is 2. The molecule has 2 aromatic rings. The Morgan fingerprint density at radius 3 is 2.38 bits per heavy atom. The van der Waals surface area contributed by atoms with Crippen molar-refractivity contribution in [3.63, 3.8) is 0 Å². The molecule has 0 saturated heterocycles. The predicted octanol–water partition coefficient (Wildman–Crippen LogP) is 4.11. The van der Waals surface area contributed by atoms with Crippen LogP contribution >= 0.6 is 11.6 Å². The molecule has 0 unspecified atom stereocenters. The fraction of sp³-hybridized carbons (Fsp3) is 0.478. The van der Waals surface area contributed by atoms with Gasteiger partial charge in [0, 0.05) is 5.69 Å². The molecular weight excluding hydrogens is 434 g/mol. The Hall–Kier alpha value is -2.87. The molecule has 4 aliphatic rings. The van der Waals surface area contributed by atoms with E-state index in [-0.39, 0.29) is 28.0 Å². The minimum atomic E-state index is -1.02. The monoisotopic (exact) mass is 457 g/mol. The molecule has 0 aliphatic heterocycles. The number of aromatic carboxylic acids is 1. The maximum Gasteiger partial charge on any atom is 0.335 e. The predicted molar refractivity (Wildman–Crippen MR) is 118 cm³/mol. The van der Waals surface area contributed by atoms with E-state index in [1.54, 1.807) is 12.1 Å². The van der Waals surface area contributed by atoms with Crippen LogP contribution in [0.5, 0.6) is 0 Å². The Balaban J connectivity index is 1.46. The molecule has 4 saturated carbocycles. The van der Waals surface area contributed by atoms with Crippen molar-refractivity contribution < 1.29 is 19.8 Å². The Bertz CT molecular complexity index is 1150. The van der Waals surface area contributed by atoms with Crippen molar-refractivity contribution in [2.45, 2.75) is 50.5 Å². The van der Waals surface area contributed by atoms with Crippen molar-refractivity contribution in [2.75, 3.05) is 5.32 Å². The van der Waals surface area contributed by atoms with Gasteiger partial charge >= 0.3 is 11.9 Å². The first-order valence-corrected chi connectivity index (χ1v) is 11.2. The van der Waals surface area contributed by atoms with Gasteiger partial charge in [-0.05, 0) is 80.0 Å². The second-order valence-electron chi connectivity index (χ2n) is 9.85. The normalized spacial score (nSPS) is 30.3. The second kappa shape index (κ2) is 7.33. The standard InChI is InChI=1S/C23H24ClN3O5/c24-19-17(26-16-3-1-15(2-4-16)21(31)32)11-25-27(20(19)30)23-8-13-5-14(9-23)7-22(6-13,12-23)10-18(28)29/h1-4,11,13-14,26H,5-10,12H2,(H,28,29)(H,31,32)/t13-,14-,22?,23?/m1/s1. The molecule has 4 bridgehead atoms. The first-order chi connectivity index (χ1) is 15.2. The van der Waals surface area contributed by atoms with Crippen LogP contribution in [0.25, 0.3) is 0 Å². The van der Waals surface area contributed by atoms with Crippen LogP contribution in [0.2, 0.25) is 5.02 Å². The molecule has 0 radical (unpaired) electrons. The van der Waals surface area contributed by atoms with E-state index in [4.69, 9.17) is 16.7 Å². The fourth-order valence-electron chi connectivity index (χ4n) is 6.89. The Morgan fingerprint density at radius 1 is 1.12 bits per heavy atom. The van der Waals surface area contributed by atoms with Crippen molar-refractivity contribution in [1.82, 2.24) is 9.78 Å². The number of rotatable bonds is 6. The highest BCUT2D eigenvalue weighted by atomic mass is 35.5. The average molecular weight is 458 g/mol. The fourth-order valence-corrected chi connectivity index (χ4v) is 7.06. The average Bonchev–Trinajstić information content (AvgIpc) is 2.69. The molecule has 9 heteroatoms. The van der Waals surface area contributed by atoms with E-state index >= 15 is 0 Å². The number of nitrogens with one attached hydrogen (secondary N) is 1. The molecule has 3 N–H and O–H groups in total. The van der Waals surface area contributed by atoms with E-state index in [9.17, 15) is 19.5 Å². The van der Waals surface area contributed by atoms with E-state index in [1.807, 2.05) is 0 Å². The van der Waals surface area contributed by atoms with Crippen LogP contribution in [0.1, 0.15) is 55.3 Å². The van der Waals surface area contributed by atoms with Gasteiger partial charge in [-0.3, -0.25) is 9.59 Å². The zero-order valence-electron chi connectivity index (χ0n) is 17.4. The van der Waals surface area contributed by atoms with Crippen LogP contribution in [0.3, 0.4) is 0 Å². The van der Waals surface area contributed by atoms with Crippen LogP contribution in [-0.2, 0) is 10.3 Å². The van der Waals surface area contributed by atoms with Crippen molar-refractivity contribution >= 4 is 34.9 Å². The van der Waals surface area contributed by atoms with Crippen molar-refractivity contribution in [1.29, 1.82) is 0 Å². The summed E-state index contributed by atoms with van der Waals surface area (Å²) in [6.45, 7) is 0. The lowest BCUT2D eigenvalue weighted by Crippen LogP contribution is -2.59. The van der Waals surface area contributed by atoms with Crippen LogP contribution < -0.4 is 10.9 Å². The van der Waals surface area contributed by atoms with Crippen molar-refractivity contribution in [3.05, 3.63) is 51.4 Å². The summed E-state index contributed by atoms with van der Waals surface area (Å²) in [6, 6.07) is 6.12. The summed E-state index contributed by atoms with van der Waals surface area (Å²) in [7, 11) is 0. The SMILES string of the molecule is O=C(O)CC12C[C@H]3C[C@H](C1)CC(n1ncc(Nc4ccc(C(=O)O)cc4)c(Cl)c1=O)(C3)C2. The highest BCUT2D eigenvalue weighted by molar-refractivity contribution is 6.33. The van der Waals surface area contributed by atoms with E-state index in [2.05, 4.69) is 10.4 Å². The van der Waals surface area contributed by atoms with Gasteiger partial charge in [0.05, 0.1) is 29.4 Å². The molecular formula is C23H24ClN3O5. The Kier molecular flexibility index (Phi) is 4.81. The van der Waals surface area contributed by atoms with Crippen molar-refractivity contribution in [3.8, 4) is 0 Å². The topological polar surface area (TPSA) is 122 Å². The third kappa shape index (κ3) is 3.46. The summed E-state index contributed by atoms with van der Waals surface area (Å²) >= 11 is 6.47. The van der Waals surface area contributed by atoms with Gasteiger partial charge in [0.15, 0.2) is 0 Å². The minimum absolute atomic E-state index is 0.0188. The van der Waals surface area contributed by atoms with Crippen LogP contribution in [-0.4, -0.2) is 31.9 Å². The summed E-state index contributed by atoms with van der Waals surface area (Å²) < 4.78 is 1.52. The number of halogens is 1. The molecule has 32 heavy (non-hydrogen) atoms. The molecule has 0 amide bonds. The van der Waals surface area contributed by atoms with Crippen LogP contribution in [0, 0.1) is 17.3 Å². The number of aromatic nitrogens is 2. The molecule has 2 atom stereocenters. The highest BCUT2D eigenvalue weighted by Gasteiger charge is 2.59. The molecule has 6 rings (SSSR count). The Morgan fingerprint density at radius 2 is 1.78 bits per heavy atom. The maximum atomic E-state index is 13.3. The van der Waals surface area contributed by atoms with E-state index in [1.165, 1.54) is 23.0 Å². The third-order valence-electron chi connectivity index (χ3n) is 7.46. The molecule has 1 heterocycles. The molecule has 0 spiro atoms. The molecule has 1 aromatic carbocycles. The zero-order chi connectivity index (χ0) is 22.7. The summed E-state index contributed by atoms with van der Waals surface area (Å²) in [6.07, 6.45) is 6.88. The number of benzene rings is 1. The molecule has 168 valence electrons. The molecule has 1 aromatic heterocycles. The number of carboxylic acids is 2. The van der Waals surface area contributed by atoms with Gasteiger partial charge in [0.25, 0.3) is 5.56 Å². The molecule has 8 nitrogen and oxygen atoms in total. The van der Waals surface area contributed by atoms with Crippen LogP contribution in [0.15, 0.2) is 35.3 Å². The molecule has 4 aliphatic carbocycles. The van der Waals surface area contributed by atoms with Gasteiger partial charge in [-0.25, -0.2) is 9.48 Å². The first kappa shape index (κ1) is 21.0. The zero-order valence-corrected chi connectivity index (χ0v) is 18.1. The smallest absolute Gasteiger partial charge is 0.335 e. The second-order valence-corrected chi connectivity index (χ2v) is 10.2. The van der Waals surface area contributed by atoms with Gasteiger partial charge in [-0.2, -0.15) is 5.10 Å². The van der Waals surface area contributed by atoms with E-state index in [0.717, 1.165) is 32.1 Å². The summed E-state index contributed by atoms with van der Waals surface area (Å²) in [4.78, 5) is 35.9. The summed E-state index contributed by atoms with van der Waals surface area (Å²) in [5.74, 6) is -0.980. The van der Waals surface area contributed by atoms with Gasteiger partial charge in [-0.1, -0.05) is 11.6 Å². The van der Waals surface area contributed by atoms with E-state index in [0.29, 0.717) is 29.6 Å². The lowest BCUT2D eigenvalue weighted by atomic mass is 9.46. The van der Waals surface area contributed by atoms with Crippen LogP contribution in [0.4, 0.5) is 11.4 Å². The lowest BCUT2D eigenvalue weighted by Gasteiger charge is -2.61. The number of nitrogens with zero attached hydrogens (tertiary/aromatic N) is 2. The summed E-state index contributed by atoms with van der Waals surface area (Å²) in [5.41, 5.74) is -0.0422. The van der Waals surface area contributed by atoms with Crippen molar-refractivity contribution in [2.24, 2.45) is 17.3 Å². The largest absolute Gasteiger partial charge is 0.481 e. The van der Waals surface area contributed by atoms with E-state index < -0.39 is 17.5 Å². The van der Waals surface area contributed by atoms with Gasteiger partial charge in [0.1, 0.15) is 5.02 Å². The molecule has 4 fully saturated rings. The maximum absolute atomic E-state index is 13.3. The number of hydrogen-bond acceptors (Lipinski definition) is 5. The quantitative estimate of drug-likeness (QED) is 0.596. The van der Waals surface area contributed by atoms with Gasteiger partial charge < -0.3 is 15.5 Å². The first-order valence-electron chi connectivity index (χ1n) is 10.8. The highest BCUT2D eigenvalue weighted by Crippen LogP contribution is 2.65. The number of hydrogen-bond donors (Lipinski definition) is 3. The lowest BCUT2D eigenvalue weighted by molar-refractivity contribution is -0.151. The minimum Gasteiger partial charge on any atom is -0.481 e. The summed E-state index contributed by atoms with van der Waals surface area (Å²) in [5, 5.41) is 26.1. The van der Waals surface area contributed by atoms with Gasteiger partial charge in [0.2, 0.25) is 0 Å².